The minimum absolute atomic E-state index is 0.0149. The molecule has 1 aliphatic heterocycles. The summed E-state index contributed by atoms with van der Waals surface area (Å²) in [7, 11) is 0. The first kappa shape index (κ1) is 18.3. The van der Waals surface area contributed by atoms with Gasteiger partial charge in [0.15, 0.2) is 6.61 Å². The summed E-state index contributed by atoms with van der Waals surface area (Å²) in [5, 5.41) is 0. The van der Waals surface area contributed by atoms with Gasteiger partial charge < -0.3 is 20.1 Å². The number of hydrogen-bond acceptors (Lipinski definition) is 4. The lowest BCUT2D eigenvalue weighted by Gasteiger charge is -2.30. The first-order chi connectivity index (χ1) is 12.5. The van der Waals surface area contributed by atoms with Crippen LogP contribution in [0.25, 0.3) is 0 Å². The Morgan fingerprint density at radius 1 is 1.23 bits per heavy atom. The van der Waals surface area contributed by atoms with E-state index in [2.05, 4.69) is 0 Å². The second kappa shape index (κ2) is 8.23. The minimum Gasteiger partial charge on any atom is -0.494 e. The fraction of sp³-hybridized carbons (Fsp3) is 0.381. The van der Waals surface area contributed by atoms with E-state index in [0.29, 0.717) is 13.2 Å². The maximum atomic E-state index is 12.3. The minimum atomic E-state index is -0.0816. The fourth-order valence-electron chi connectivity index (χ4n) is 3.01. The Bertz CT molecular complexity index is 774. The van der Waals surface area contributed by atoms with Crippen LogP contribution in [-0.2, 0) is 4.79 Å². The molecule has 1 heterocycles. The van der Waals surface area contributed by atoms with Crippen molar-refractivity contribution in [3.05, 3.63) is 53.6 Å². The normalized spacial score (nSPS) is 14.6. The average molecular weight is 354 g/mol. The number of fused-ring (bicyclic) bond motifs is 1. The first-order valence-electron chi connectivity index (χ1n) is 9.07. The molecule has 2 N–H and O–H groups in total. The van der Waals surface area contributed by atoms with Crippen LogP contribution < -0.4 is 20.1 Å². The third-order valence-corrected chi connectivity index (χ3v) is 4.49. The summed E-state index contributed by atoms with van der Waals surface area (Å²) >= 11 is 0. The van der Waals surface area contributed by atoms with E-state index in [9.17, 15) is 4.79 Å². The highest BCUT2D eigenvalue weighted by Crippen LogP contribution is 2.34. The second-order valence-electron chi connectivity index (χ2n) is 6.72. The van der Waals surface area contributed by atoms with Crippen molar-refractivity contribution in [3.63, 3.8) is 0 Å². The fourth-order valence-corrected chi connectivity index (χ4v) is 3.01. The molecule has 2 aromatic rings. The predicted octanol–water partition coefficient (Wildman–Crippen LogP) is 3.60. The highest BCUT2D eigenvalue weighted by molar-refractivity contribution is 5.97. The number of nitrogens with two attached hydrogens (primary N) is 1. The molecule has 1 atom stereocenters. The van der Waals surface area contributed by atoms with Gasteiger partial charge in [-0.2, -0.15) is 0 Å². The monoisotopic (exact) mass is 354 g/mol. The van der Waals surface area contributed by atoms with Crippen molar-refractivity contribution >= 4 is 11.6 Å². The van der Waals surface area contributed by atoms with Gasteiger partial charge in [0.05, 0.1) is 12.3 Å². The number of hydrogen-bond donors (Lipinski definition) is 1. The molecule has 138 valence electrons. The highest BCUT2D eigenvalue weighted by Gasteiger charge is 2.25. The van der Waals surface area contributed by atoms with Gasteiger partial charge >= 0.3 is 0 Å². The van der Waals surface area contributed by atoms with E-state index in [-0.39, 0.29) is 18.6 Å². The van der Waals surface area contributed by atoms with Crippen LogP contribution >= 0.6 is 0 Å². The first-order valence-corrected chi connectivity index (χ1v) is 9.07. The lowest BCUT2D eigenvalue weighted by Crippen LogP contribution is -2.39. The van der Waals surface area contributed by atoms with Crippen molar-refractivity contribution in [2.75, 3.05) is 24.7 Å². The third-order valence-electron chi connectivity index (χ3n) is 4.49. The number of ether oxygens (including phenoxy) is 2. The summed E-state index contributed by atoms with van der Waals surface area (Å²) in [6.07, 6.45) is 1.74. The van der Waals surface area contributed by atoms with Crippen LogP contribution in [0.4, 0.5) is 5.69 Å². The summed E-state index contributed by atoms with van der Waals surface area (Å²) in [6, 6.07) is 13.7. The molecule has 0 saturated carbocycles. The Balaban J connectivity index is 1.56. The number of rotatable bonds is 7. The van der Waals surface area contributed by atoms with Gasteiger partial charge in [-0.25, -0.2) is 0 Å². The number of carbonyl (C=O) groups excluding carboxylic acids is 1. The molecule has 1 aliphatic rings. The molecule has 0 aromatic heterocycles. The zero-order valence-electron chi connectivity index (χ0n) is 15.4. The maximum absolute atomic E-state index is 12.3. The maximum Gasteiger partial charge on any atom is 0.265 e. The van der Waals surface area contributed by atoms with Crippen molar-refractivity contribution in [1.82, 2.24) is 0 Å². The zero-order chi connectivity index (χ0) is 18.5. The van der Waals surface area contributed by atoms with Crippen molar-refractivity contribution in [1.29, 1.82) is 0 Å². The Morgan fingerprint density at radius 2 is 2.08 bits per heavy atom. The van der Waals surface area contributed by atoms with Gasteiger partial charge in [-0.15, -0.1) is 0 Å². The standard InChI is InChI=1S/C21H26N2O3/c1-15-6-5-7-18(12-15)25-11-4-3-10-23-19-13-17(16(2)22)8-9-20(19)26-14-21(23)24/h5-9,12-13,16H,3-4,10-11,14,22H2,1-2H3. The second-order valence-corrected chi connectivity index (χ2v) is 6.72. The Labute approximate surface area is 154 Å². The van der Waals surface area contributed by atoms with Gasteiger partial charge in [-0.1, -0.05) is 18.2 Å². The van der Waals surface area contributed by atoms with Crippen molar-refractivity contribution in [2.45, 2.75) is 32.7 Å². The Kier molecular flexibility index (Phi) is 5.78. The molecule has 0 fully saturated rings. The number of anilines is 1. The van der Waals surface area contributed by atoms with Crippen molar-refractivity contribution < 1.29 is 14.3 Å². The van der Waals surface area contributed by atoms with Crippen LogP contribution in [-0.4, -0.2) is 25.7 Å². The number of aryl methyl sites for hydroxylation is 1. The molecule has 5 nitrogen and oxygen atoms in total. The molecule has 0 bridgehead atoms. The molecule has 26 heavy (non-hydrogen) atoms. The quantitative estimate of drug-likeness (QED) is 0.772. The van der Waals surface area contributed by atoms with E-state index in [4.69, 9.17) is 15.2 Å². The topological polar surface area (TPSA) is 64.8 Å². The molecule has 3 rings (SSSR count). The van der Waals surface area contributed by atoms with E-state index in [1.165, 1.54) is 5.56 Å². The Morgan fingerprint density at radius 3 is 2.85 bits per heavy atom. The summed E-state index contributed by atoms with van der Waals surface area (Å²) in [5.41, 5.74) is 8.97. The van der Waals surface area contributed by atoms with Gasteiger partial charge in [0.1, 0.15) is 11.5 Å². The van der Waals surface area contributed by atoms with Crippen LogP contribution in [0, 0.1) is 6.92 Å². The molecule has 1 amide bonds. The van der Waals surface area contributed by atoms with Crippen molar-refractivity contribution in [3.8, 4) is 11.5 Å². The number of benzene rings is 2. The lowest BCUT2D eigenvalue weighted by atomic mass is 10.1. The molecular formula is C21H26N2O3. The Hall–Kier alpha value is -2.53. The van der Waals surface area contributed by atoms with Gasteiger partial charge in [-0.05, 0) is 62.1 Å². The van der Waals surface area contributed by atoms with Crippen LogP contribution in [0.5, 0.6) is 11.5 Å². The number of unbranched alkanes of at least 4 members (excludes halogenated alkanes) is 1. The van der Waals surface area contributed by atoms with Gasteiger partial charge in [0, 0.05) is 12.6 Å². The molecule has 5 heteroatoms. The smallest absolute Gasteiger partial charge is 0.265 e. The molecule has 0 spiro atoms. The summed E-state index contributed by atoms with van der Waals surface area (Å²) in [4.78, 5) is 14.1. The van der Waals surface area contributed by atoms with Crippen LogP contribution in [0.3, 0.4) is 0 Å². The molecule has 0 radical (unpaired) electrons. The molecule has 2 aromatic carbocycles. The van der Waals surface area contributed by atoms with Gasteiger partial charge in [-0.3, -0.25) is 4.79 Å². The summed E-state index contributed by atoms with van der Waals surface area (Å²) < 4.78 is 11.3. The van der Waals surface area contributed by atoms with E-state index in [1.54, 1.807) is 4.90 Å². The summed E-state index contributed by atoms with van der Waals surface area (Å²) in [5.74, 6) is 1.61. The molecule has 0 aliphatic carbocycles. The predicted molar refractivity (Wildman–Crippen MR) is 103 cm³/mol. The number of carbonyl (C=O) groups is 1. The van der Waals surface area contributed by atoms with E-state index in [1.807, 2.05) is 56.3 Å². The lowest BCUT2D eigenvalue weighted by molar-refractivity contribution is -0.121. The van der Waals surface area contributed by atoms with Crippen LogP contribution in [0.2, 0.25) is 0 Å². The van der Waals surface area contributed by atoms with E-state index >= 15 is 0 Å². The zero-order valence-corrected chi connectivity index (χ0v) is 15.4. The van der Waals surface area contributed by atoms with E-state index in [0.717, 1.165) is 35.6 Å². The SMILES string of the molecule is Cc1cccc(OCCCCN2C(=O)COc3ccc(C(C)N)cc32)c1. The summed E-state index contributed by atoms with van der Waals surface area (Å²) in [6.45, 7) is 5.35. The molecular weight excluding hydrogens is 328 g/mol. The van der Waals surface area contributed by atoms with E-state index < -0.39 is 0 Å². The third kappa shape index (κ3) is 4.35. The van der Waals surface area contributed by atoms with Crippen molar-refractivity contribution in [2.24, 2.45) is 5.73 Å². The molecule has 1 unspecified atom stereocenters. The van der Waals surface area contributed by atoms with Gasteiger partial charge in [0.25, 0.3) is 5.91 Å². The molecule has 0 saturated heterocycles. The number of nitrogens with zero attached hydrogens (tertiary/aromatic N) is 1. The van der Waals surface area contributed by atoms with Gasteiger partial charge in [0.2, 0.25) is 0 Å². The largest absolute Gasteiger partial charge is 0.494 e. The van der Waals surface area contributed by atoms with Crippen LogP contribution in [0.1, 0.15) is 36.9 Å². The number of amides is 1. The highest BCUT2D eigenvalue weighted by atomic mass is 16.5. The average Bonchev–Trinajstić information content (AvgIpc) is 2.62. The van der Waals surface area contributed by atoms with Crippen LogP contribution in [0.15, 0.2) is 42.5 Å².